The number of hydrogen-bond donors (Lipinski definition) is 0. The Bertz CT molecular complexity index is 372. The summed E-state index contributed by atoms with van der Waals surface area (Å²) in [5.41, 5.74) is 6.17. The highest BCUT2D eigenvalue weighted by Crippen LogP contribution is 2.41. The highest BCUT2D eigenvalue weighted by atomic mass is 16.5. The molecule has 1 heteroatoms. The quantitative estimate of drug-likeness (QED) is 0.668. The first-order chi connectivity index (χ1) is 9.27. The van der Waals surface area contributed by atoms with Crippen LogP contribution in [0.25, 0.3) is 0 Å². The third-order valence-corrected chi connectivity index (χ3v) is 3.67. The van der Waals surface area contributed by atoms with Gasteiger partial charge in [0.05, 0.1) is 6.61 Å². The molecule has 1 aromatic rings. The SMILES string of the molecule is CC.CC.CC(C)c1c2c(cc3c1OCC3)CCC2. The number of aryl methyl sites for hydroxylation is 1. The second-order valence-corrected chi connectivity index (χ2v) is 5.02. The summed E-state index contributed by atoms with van der Waals surface area (Å²) in [6, 6.07) is 2.40. The van der Waals surface area contributed by atoms with E-state index < -0.39 is 0 Å². The van der Waals surface area contributed by atoms with Crippen molar-refractivity contribution in [3.8, 4) is 5.75 Å². The van der Waals surface area contributed by atoms with Gasteiger partial charge in [-0.1, -0.05) is 47.6 Å². The predicted octanol–water partition coefficient (Wildman–Crippen LogP) is 5.29. The van der Waals surface area contributed by atoms with Gasteiger partial charge < -0.3 is 4.74 Å². The molecule has 1 heterocycles. The first-order valence-corrected chi connectivity index (χ1v) is 8.07. The lowest BCUT2D eigenvalue weighted by Crippen LogP contribution is -2.00. The molecule has 0 bridgehead atoms. The van der Waals surface area contributed by atoms with Crippen LogP contribution in [0.3, 0.4) is 0 Å². The molecule has 0 unspecified atom stereocenters. The van der Waals surface area contributed by atoms with Crippen LogP contribution in [0.2, 0.25) is 0 Å². The highest BCUT2D eigenvalue weighted by molar-refractivity contribution is 5.55. The van der Waals surface area contributed by atoms with Gasteiger partial charge in [-0.25, -0.2) is 0 Å². The predicted molar refractivity (Wildman–Crippen MR) is 84.5 cm³/mol. The van der Waals surface area contributed by atoms with Gasteiger partial charge in [-0.3, -0.25) is 0 Å². The largest absolute Gasteiger partial charge is 0.493 e. The molecular formula is C18H30O. The van der Waals surface area contributed by atoms with Crippen LogP contribution in [0.5, 0.6) is 5.75 Å². The first kappa shape index (κ1) is 16.1. The number of ether oxygens (including phenoxy) is 1. The van der Waals surface area contributed by atoms with Crippen LogP contribution in [0.4, 0.5) is 0 Å². The first-order valence-electron chi connectivity index (χ1n) is 8.07. The molecule has 19 heavy (non-hydrogen) atoms. The summed E-state index contributed by atoms with van der Waals surface area (Å²) in [6.45, 7) is 13.5. The van der Waals surface area contributed by atoms with Crippen molar-refractivity contribution in [3.05, 3.63) is 28.3 Å². The van der Waals surface area contributed by atoms with Crippen molar-refractivity contribution in [1.29, 1.82) is 0 Å². The van der Waals surface area contributed by atoms with Gasteiger partial charge in [0.2, 0.25) is 0 Å². The van der Waals surface area contributed by atoms with Gasteiger partial charge >= 0.3 is 0 Å². The third-order valence-electron chi connectivity index (χ3n) is 3.67. The molecule has 1 aliphatic heterocycles. The van der Waals surface area contributed by atoms with Gasteiger partial charge in [-0.2, -0.15) is 0 Å². The summed E-state index contributed by atoms with van der Waals surface area (Å²) in [4.78, 5) is 0. The van der Waals surface area contributed by atoms with E-state index in [0.29, 0.717) is 5.92 Å². The normalized spacial score (nSPS) is 14.7. The average Bonchev–Trinajstić information content (AvgIpc) is 3.07. The zero-order valence-electron chi connectivity index (χ0n) is 13.6. The average molecular weight is 262 g/mol. The lowest BCUT2D eigenvalue weighted by atomic mass is 9.91. The van der Waals surface area contributed by atoms with Crippen LogP contribution in [-0.2, 0) is 19.3 Å². The topological polar surface area (TPSA) is 9.23 Å². The Morgan fingerprint density at radius 1 is 0.947 bits per heavy atom. The minimum atomic E-state index is 0.602. The highest BCUT2D eigenvalue weighted by Gasteiger charge is 2.26. The van der Waals surface area contributed by atoms with E-state index >= 15 is 0 Å². The molecule has 0 amide bonds. The molecule has 0 radical (unpaired) electrons. The van der Waals surface area contributed by atoms with Gasteiger partial charge in [-0.05, 0) is 41.9 Å². The third kappa shape index (κ3) is 3.13. The van der Waals surface area contributed by atoms with E-state index in [9.17, 15) is 0 Å². The molecule has 0 spiro atoms. The Balaban J connectivity index is 0.000000415. The number of benzene rings is 1. The van der Waals surface area contributed by atoms with Crippen LogP contribution in [0.1, 0.15) is 76.1 Å². The van der Waals surface area contributed by atoms with E-state index in [1.54, 1.807) is 11.1 Å². The maximum absolute atomic E-state index is 5.82. The summed E-state index contributed by atoms with van der Waals surface area (Å²) in [5.74, 6) is 1.83. The Hall–Kier alpha value is -0.980. The molecule has 0 fully saturated rings. The number of hydrogen-bond acceptors (Lipinski definition) is 1. The molecule has 0 atom stereocenters. The molecule has 3 rings (SSSR count). The van der Waals surface area contributed by atoms with Gasteiger partial charge in [0.15, 0.2) is 0 Å². The lowest BCUT2D eigenvalue weighted by Gasteiger charge is -2.16. The fraction of sp³-hybridized carbons (Fsp3) is 0.667. The van der Waals surface area contributed by atoms with Crippen molar-refractivity contribution in [1.82, 2.24) is 0 Å². The summed E-state index contributed by atoms with van der Waals surface area (Å²) in [5, 5.41) is 0. The van der Waals surface area contributed by atoms with E-state index in [2.05, 4.69) is 19.9 Å². The van der Waals surface area contributed by atoms with E-state index in [1.165, 1.54) is 36.1 Å². The smallest absolute Gasteiger partial charge is 0.126 e. The monoisotopic (exact) mass is 262 g/mol. The summed E-state index contributed by atoms with van der Waals surface area (Å²) in [6.07, 6.45) is 4.99. The summed E-state index contributed by atoms with van der Waals surface area (Å²) >= 11 is 0. The molecule has 1 aromatic carbocycles. The van der Waals surface area contributed by atoms with Gasteiger partial charge in [0.1, 0.15) is 5.75 Å². The molecule has 0 N–H and O–H groups in total. The van der Waals surface area contributed by atoms with Crippen molar-refractivity contribution < 1.29 is 4.74 Å². The van der Waals surface area contributed by atoms with Crippen molar-refractivity contribution in [2.24, 2.45) is 0 Å². The minimum Gasteiger partial charge on any atom is -0.493 e. The second kappa shape index (κ2) is 7.57. The van der Waals surface area contributed by atoms with E-state index in [-0.39, 0.29) is 0 Å². The zero-order valence-corrected chi connectivity index (χ0v) is 13.6. The molecule has 1 aliphatic carbocycles. The second-order valence-electron chi connectivity index (χ2n) is 5.02. The molecular weight excluding hydrogens is 232 g/mol. The summed E-state index contributed by atoms with van der Waals surface area (Å²) < 4.78 is 5.82. The van der Waals surface area contributed by atoms with Crippen molar-refractivity contribution >= 4 is 0 Å². The minimum absolute atomic E-state index is 0.602. The molecule has 0 aromatic heterocycles. The summed E-state index contributed by atoms with van der Waals surface area (Å²) in [7, 11) is 0. The van der Waals surface area contributed by atoms with Crippen molar-refractivity contribution in [2.75, 3.05) is 6.61 Å². The Morgan fingerprint density at radius 3 is 2.26 bits per heavy atom. The van der Waals surface area contributed by atoms with Gasteiger partial charge in [-0.15, -0.1) is 0 Å². The van der Waals surface area contributed by atoms with E-state index in [1.807, 2.05) is 27.7 Å². The molecule has 0 saturated heterocycles. The molecule has 0 saturated carbocycles. The molecule has 2 aliphatic rings. The Labute approximate surface area is 119 Å². The molecule has 108 valence electrons. The van der Waals surface area contributed by atoms with Crippen LogP contribution in [0, 0.1) is 0 Å². The maximum atomic E-state index is 5.82. The zero-order chi connectivity index (χ0) is 14.4. The Morgan fingerprint density at radius 2 is 1.63 bits per heavy atom. The van der Waals surface area contributed by atoms with Gasteiger partial charge in [0.25, 0.3) is 0 Å². The lowest BCUT2D eigenvalue weighted by molar-refractivity contribution is 0.351. The van der Waals surface area contributed by atoms with Crippen LogP contribution in [-0.4, -0.2) is 6.61 Å². The van der Waals surface area contributed by atoms with Crippen LogP contribution < -0.4 is 4.74 Å². The maximum Gasteiger partial charge on any atom is 0.126 e. The molecule has 1 nitrogen and oxygen atoms in total. The van der Waals surface area contributed by atoms with Crippen molar-refractivity contribution in [3.63, 3.8) is 0 Å². The standard InChI is InChI=1S/C14H18O.2C2H6/c1-9(2)13-12-5-3-4-10(12)8-11-6-7-15-14(11)13;2*1-2/h8-9H,3-7H2,1-2H3;2*1-2H3. The van der Waals surface area contributed by atoms with E-state index in [4.69, 9.17) is 4.74 Å². The fourth-order valence-corrected chi connectivity index (χ4v) is 3.05. The Kier molecular flexibility index (Phi) is 6.41. The van der Waals surface area contributed by atoms with Crippen LogP contribution in [0.15, 0.2) is 6.07 Å². The fourth-order valence-electron chi connectivity index (χ4n) is 3.05. The van der Waals surface area contributed by atoms with Crippen LogP contribution >= 0.6 is 0 Å². The van der Waals surface area contributed by atoms with Crippen molar-refractivity contribution in [2.45, 2.75) is 73.1 Å². The van der Waals surface area contributed by atoms with E-state index in [0.717, 1.165) is 13.0 Å². The van der Waals surface area contributed by atoms with Gasteiger partial charge in [0, 0.05) is 12.0 Å². The number of fused-ring (bicyclic) bond motifs is 2. The number of rotatable bonds is 1.